The van der Waals surface area contributed by atoms with Crippen molar-refractivity contribution in [3.63, 3.8) is 0 Å². The topological polar surface area (TPSA) is 55.1 Å². The molecule has 0 aliphatic carbocycles. The molecule has 4 nitrogen and oxygen atoms in total. The molecule has 1 amide bonds. The Labute approximate surface area is 204 Å². The van der Waals surface area contributed by atoms with Crippen LogP contribution < -0.4 is 5.32 Å². The minimum atomic E-state index is -0.335. The van der Waals surface area contributed by atoms with Gasteiger partial charge in [0, 0.05) is 9.13 Å². The van der Waals surface area contributed by atoms with Crippen molar-refractivity contribution in [3.8, 4) is 11.5 Å². The van der Waals surface area contributed by atoms with Crippen molar-refractivity contribution >= 4 is 68.5 Å². The number of nitrogens with zero attached hydrogens (tertiary/aromatic N) is 1. The lowest BCUT2D eigenvalue weighted by atomic mass is 9.98. The Morgan fingerprint density at radius 1 is 1.10 bits per heavy atom. The number of fused-ring (bicyclic) bond motifs is 1. The van der Waals surface area contributed by atoms with Crippen molar-refractivity contribution < 1.29 is 9.21 Å². The fourth-order valence-electron chi connectivity index (χ4n) is 3.23. The van der Waals surface area contributed by atoms with E-state index < -0.39 is 0 Å². The average molecular weight is 565 g/mol. The first-order chi connectivity index (χ1) is 14.9. The van der Waals surface area contributed by atoms with E-state index in [9.17, 15) is 4.79 Å². The number of carbonyl (C=O) groups is 1. The van der Waals surface area contributed by atoms with Gasteiger partial charge in [0.05, 0.1) is 21.3 Å². The van der Waals surface area contributed by atoms with Gasteiger partial charge in [-0.1, -0.05) is 43.1 Å². The Hall–Kier alpha value is -2.09. The molecular weight excluding hydrogens is 546 g/mol. The molecule has 1 heterocycles. The van der Waals surface area contributed by atoms with E-state index in [0.717, 1.165) is 21.1 Å². The van der Waals surface area contributed by atoms with Crippen LogP contribution in [0.25, 0.3) is 22.6 Å². The zero-order valence-electron chi connectivity index (χ0n) is 16.9. The maximum absolute atomic E-state index is 12.8. The monoisotopic (exact) mass is 564 g/mol. The Morgan fingerprint density at radius 3 is 2.65 bits per heavy atom. The highest BCUT2D eigenvalue weighted by atomic mass is 127. The molecule has 0 fully saturated rings. The molecule has 0 saturated carbocycles. The minimum Gasteiger partial charge on any atom is -0.436 e. The average Bonchev–Trinajstić information content (AvgIpc) is 3.19. The number of amides is 1. The molecule has 1 N–H and O–H groups in total. The summed E-state index contributed by atoms with van der Waals surface area (Å²) in [6.07, 6.45) is 1.06. The second-order valence-electron chi connectivity index (χ2n) is 7.33. The molecule has 4 aromatic rings. The van der Waals surface area contributed by atoms with Crippen LogP contribution in [-0.4, -0.2) is 10.9 Å². The summed E-state index contributed by atoms with van der Waals surface area (Å²) >= 11 is 14.7. The number of rotatable bonds is 5. The smallest absolute Gasteiger partial charge is 0.257 e. The lowest BCUT2D eigenvalue weighted by Crippen LogP contribution is -2.13. The van der Waals surface area contributed by atoms with E-state index in [4.69, 9.17) is 27.6 Å². The minimum absolute atomic E-state index is 0.335. The van der Waals surface area contributed by atoms with Crippen molar-refractivity contribution in [2.24, 2.45) is 0 Å². The third-order valence-electron chi connectivity index (χ3n) is 5.23. The zero-order valence-corrected chi connectivity index (χ0v) is 20.5. The number of nitrogens with one attached hydrogen (secondary N) is 1. The van der Waals surface area contributed by atoms with Crippen LogP contribution in [0, 0.1) is 3.57 Å². The Bertz CT molecular complexity index is 1290. The summed E-state index contributed by atoms with van der Waals surface area (Å²) in [4.78, 5) is 17.4. The number of hydrogen-bond donors (Lipinski definition) is 1. The number of benzene rings is 3. The lowest BCUT2D eigenvalue weighted by Gasteiger charge is -2.10. The Morgan fingerprint density at radius 2 is 1.87 bits per heavy atom. The number of carbonyl (C=O) groups excluding carboxylic acids is 1. The van der Waals surface area contributed by atoms with E-state index in [0.29, 0.717) is 38.7 Å². The van der Waals surface area contributed by atoms with Crippen LogP contribution in [-0.2, 0) is 0 Å². The molecule has 0 radical (unpaired) electrons. The van der Waals surface area contributed by atoms with Gasteiger partial charge < -0.3 is 9.73 Å². The summed E-state index contributed by atoms with van der Waals surface area (Å²) in [5, 5.41) is 3.63. The summed E-state index contributed by atoms with van der Waals surface area (Å²) in [5.74, 6) is 0.587. The van der Waals surface area contributed by atoms with Crippen molar-refractivity contribution in [3.05, 3.63) is 79.3 Å². The number of oxazole rings is 1. The van der Waals surface area contributed by atoms with Gasteiger partial charge in [-0.2, -0.15) is 0 Å². The third-order valence-corrected chi connectivity index (χ3v) is 6.56. The Kier molecular flexibility index (Phi) is 6.55. The molecule has 0 spiro atoms. The van der Waals surface area contributed by atoms with Crippen molar-refractivity contribution in [1.29, 1.82) is 0 Å². The molecular formula is C24H19Cl2IN2O2. The van der Waals surface area contributed by atoms with E-state index >= 15 is 0 Å². The van der Waals surface area contributed by atoms with Gasteiger partial charge in [0.2, 0.25) is 5.89 Å². The molecule has 0 aliphatic heterocycles. The molecule has 31 heavy (non-hydrogen) atoms. The second kappa shape index (κ2) is 9.18. The van der Waals surface area contributed by atoms with Crippen LogP contribution in [0.2, 0.25) is 10.0 Å². The van der Waals surface area contributed by atoms with Gasteiger partial charge in [-0.3, -0.25) is 4.79 Å². The number of hydrogen-bond acceptors (Lipinski definition) is 3. The molecule has 3 aromatic carbocycles. The summed E-state index contributed by atoms with van der Waals surface area (Å²) in [6, 6.07) is 16.6. The largest absolute Gasteiger partial charge is 0.436 e. The van der Waals surface area contributed by atoms with Crippen LogP contribution in [0.4, 0.5) is 5.69 Å². The predicted octanol–water partition coefficient (Wildman–Crippen LogP) is 8.17. The first kappa shape index (κ1) is 22.1. The second-order valence-corrected chi connectivity index (χ2v) is 9.39. The quantitative estimate of drug-likeness (QED) is 0.249. The maximum Gasteiger partial charge on any atom is 0.257 e. The SMILES string of the molecule is CCC(C)c1ccc2oc(-c3ccc(Cl)c(NC(=O)c4cc(I)ccc4Cl)c3)nc2c1. The van der Waals surface area contributed by atoms with Gasteiger partial charge in [-0.05, 0) is 89.0 Å². The fraction of sp³-hybridized carbons (Fsp3) is 0.167. The lowest BCUT2D eigenvalue weighted by molar-refractivity contribution is 0.102. The number of aromatic nitrogens is 1. The van der Waals surface area contributed by atoms with Crippen molar-refractivity contribution in [2.75, 3.05) is 5.32 Å². The molecule has 0 aliphatic rings. The molecule has 7 heteroatoms. The van der Waals surface area contributed by atoms with Gasteiger partial charge in [-0.25, -0.2) is 4.98 Å². The highest BCUT2D eigenvalue weighted by molar-refractivity contribution is 14.1. The van der Waals surface area contributed by atoms with Crippen LogP contribution >= 0.6 is 45.8 Å². The normalized spacial score (nSPS) is 12.2. The van der Waals surface area contributed by atoms with E-state index in [1.807, 2.05) is 18.2 Å². The third kappa shape index (κ3) is 4.73. The summed E-state index contributed by atoms with van der Waals surface area (Å²) in [6.45, 7) is 4.35. The first-order valence-electron chi connectivity index (χ1n) is 9.82. The number of halogens is 3. The highest BCUT2D eigenvalue weighted by Gasteiger charge is 2.16. The van der Waals surface area contributed by atoms with Crippen molar-refractivity contribution in [2.45, 2.75) is 26.2 Å². The number of anilines is 1. The molecule has 158 valence electrons. The predicted molar refractivity (Wildman–Crippen MR) is 135 cm³/mol. The van der Waals surface area contributed by atoms with Gasteiger partial charge in [0.25, 0.3) is 5.91 Å². The molecule has 1 atom stereocenters. The Balaban J connectivity index is 1.66. The van der Waals surface area contributed by atoms with E-state index in [-0.39, 0.29) is 5.91 Å². The van der Waals surface area contributed by atoms with Crippen LogP contribution in [0.15, 0.2) is 59.0 Å². The van der Waals surface area contributed by atoms with Gasteiger partial charge in [-0.15, -0.1) is 0 Å². The summed E-state index contributed by atoms with van der Waals surface area (Å²) < 4.78 is 6.87. The fourth-order valence-corrected chi connectivity index (χ4v) is 4.08. The standard InChI is InChI=1S/C24H19Cl2IN2O2/c1-3-13(2)14-5-9-22-21(10-14)29-24(31-22)15-4-7-19(26)20(11-15)28-23(30)17-12-16(27)6-8-18(17)25/h4-13H,3H2,1-2H3,(H,28,30). The highest BCUT2D eigenvalue weighted by Crippen LogP contribution is 2.32. The molecule has 4 rings (SSSR count). The van der Waals surface area contributed by atoms with Gasteiger partial charge in [0.15, 0.2) is 5.58 Å². The molecule has 1 unspecified atom stereocenters. The van der Waals surface area contributed by atoms with Crippen LogP contribution in [0.1, 0.15) is 42.1 Å². The maximum atomic E-state index is 12.8. The van der Waals surface area contributed by atoms with E-state index in [1.165, 1.54) is 5.56 Å². The zero-order chi connectivity index (χ0) is 22.1. The van der Waals surface area contributed by atoms with Gasteiger partial charge in [0.1, 0.15) is 5.52 Å². The van der Waals surface area contributed by atoms with Crippen LogP contribution in [0.3, 0.4) is 0 Å². The van der Waals surface area contributed by atoms with Crippen molar-refractivity contribution in [1.82, 2.24) is 4.98 Å². The molecule has 1 aromatic heterocycles. The van der Waals surface area contributed by atoms with Crippen LogP contribution in [0.5, 0.6) is 0 Å². The van der Waals surface area contributed by atoms with Gasteiger partial charge >= 0.3 is 0 Å². The first-order valence-corrected chi connectivity index (χ1v) is 11.7. The van der Waals surface area contributed by atoms with E-state index in [2.05, 4.69) is 58.9 Å². The van der Waals surface area contributed by atoms with E-state index in [1.54, 1.807) is 24.3 Å². The molecule has 0 saturated heterocycles. The summed E-state index contributed by atoms with van der Waals surface area (Å²) in [5.41, 5.74) is 4.31. The summed E-state index contributed by atoms with van der Waals surface area (Å²) in [7, 11) is 0. The molecule has 0 bridgehead atoms.